The third-order valence-corrected chi connectivity index (χ3v) is 6.32. The molecule has 1 fully saturated rings. The maximum Gasteiger partial charge on any atom is 0.295 e. The molecule has 1 saturated heterocycles. The van der Waals surface area contributed by atoms with Gasteiger partial charge in [0.25, 0.3) is 11.7 Å². The molecule has 0 radical (unpaired) electrons. The molecule has 0 unspecified atom stereocenters. The van der Waals surface area contributed by atoms with Crippen LogP contribution in [0.1, 0.15) is 50.8 Å². The molecule has 1 atom stereocenters. The molecule has 0 spiro atoms. The molecule has 1 amide bonds. The summed E-state index contributed by atoms with van der Waals surface area (Å²) in [7, 11) is 1.56. The fraction of sp³-hybridized carbons (Fsp3) is 0.429. The SMILES string of the molecule is CCCOc1cccc([C@H]2/C(=C(\O)c3ccc(OC)cc3)C(=O)C(=O)N2CCCN(CC)CC)c1. The van der Waals surface area contributed by atoms with Gasteiger partial charge in [0.05, 0.1) is 25.3 Å². The molecule has 3 rings (SSSR count). The molecule has 1 N–H and O–H groups in total. The van der Waals surface area contributed by atoms with Crippen LogP contribution in [0.2, 0.25) is 0 Å². The number of ether oxygens (including phenoxy) is 2. The summed E-state index contributed by atoms with van der Waals surface area (Å²) in [6, 6.07) is 13.5. The van der Waals surface area contributed by atoms with Gasteiger partial charge in [-0.25, -0.2) is 0 Å². The van der Waals surface area contributed by atoms with Crippen LogP contribution >= 0.6 is 0 Å². The van der Waals surface area contributed by atoms with Gasteiger partial charge >= 0.3 is 0 Å². The number of nitrogens with zero attached hydrogens (tertiary/aromatic N) is 2. The van der Waals surface area contributed by atoms with E-state index >= 15 is 0 Å². The van der Waals surface area contributed by atoms with Crippen molar-refractivity contribution >= 4 is 17.4 Å². The monoisotopic (exact) mass is 480 g/mol. The number of benzene rings is 2. The summed E-state index contributed by atoms with van der Waals surface area (Å²) in [5.74, 6) is -0.157. The molecule has 0 saturated carbocycles. The maximum absolute atomic E-state index is 13.2. The molecule has 1 aliphatic rings. The van der Waals surface area contributed by atoms with Crippen molar-refractivity contribution in [3.63, 3.8) is 0 Å². The summed E-state index contributed by atoms with van der Waals surface area (Å²) >= 11 is 0. The number of hydrogen-bond acceptors (Lipinski definition) is 6. The van der Waals surface area contributed by atoms with Crippen molar-refractivity contribution in [2.45, 2.75) is 39.7 Å². The van der Waals surface area contributed by atoms with E-state index in [0.717, 1.165) is 38.0 Å². The Labute approximate surface area is 207 Å². The van der Waals surface area contributed by atoms with Crippen molar-refractivity contribution < 1.29 is 24.2 Å². The van der Waals surface area contributed by atoms with Crippen molar-refractivity contribution in [2.75, 3.05) is 39.9 Å². The average molecular weight is 481 g/mol. The minimum atomic E-state index is -0.695. The number of methoxy groups -OCH3 is 1. The van der Waals surface area contributed by atoms with E-state index in [9.17, 15) is 14.7 Å². The average Bonchev–Trinajstić information content (AvgIpc) is 3.14. The molecule has 7 nitrogen and oxygen atoms in total. The van der Waals surface area contributed by atoms with Crippen LogP contribution < -0.4 is 9.47 Å². The summed E-state index contributed by atoms with van der Waals surface area (Å²) in [6.45, 7) is 9.88. The normalized spacial score (nSPS) is 17.3. The molecular formula is C28H36N2O5. The summed E-state index contributed by atoms with van der Waals surface area (Å²) in [4.78, 5) is 30.3. The van der Waals surface area contributed by atoms with Crippen molar-refractivity contribution in [1.82, 2.24) is 9.80 Å². The highest BCUT2D eigenvalue weighted by molar-refractivity contribution is 6.46. The van der Waals surface area contributed by atoms with Gasteiger partial charge in [0.2, 0.25) is 0 Å². The first-order valence-electron chi connectivity index (χ1n) is 12.3. The number of carbonyl (C=O) groups is 2. The van der Waals surface area contributed by atoms with Crippen LogP contribution in [0.3, 0.4) is 0 Å². The summed E-state index contributed by atoms with van der Waals surface area (Å²) in [6.07, 6.45) is 1.59. The Hall–Kier alpha value is -3.32. The van der Waals surface area contributed by atoms with Crippen LogP contribution in [-0.4, -0.2) is 66.5 Å². The van der Waals surface area contributed by atoms with Gasteiger partial charge in [-0.1, -0.05) is 32.9 Å². The van der Waals surface area contributed by atoms with Crippen LogP contribution in [0.25, 0.3) is 5.76 Å². The van der Waals surface area contributed by atoms with Crippen molar-refractivity contribution in [2.24, 2.45) is 0 Å². The molecule has 0 bridgehead atoms. The highest BCUT2D eigenvalue weighted by Gasteiger charge is 2.45. The van der Waals surface area contributed by atoms with Gasteiger partial charge in [-0.3, -0.25) is 9.59 Å². The van der Waals surface area contributed by atoms with Crippen LogP contribution in [0.15, 0.2) is 54.1 Å². The van der Waals surface area contributed by atoms with E-state index in [0.29, 0.717) is 30.2 Å². The molecular weight excluding hydrogens is 444 g/mol. The number of Topliss-reactive ketones (excluding diaryl/α,β-unsaturated/α-hetero) is 1. The zero-order chi connectivity index (χ0) is 25.4. The van der Waals surface area contributed by atoms with E-state index in [4.69, 9.17) is 9.47 Å². The lowest BCUT2D eigenvalue weighted by Gasteiger charge is -2.27. The number of ketones is 1. The number of likely N-dealkylation sites (tertiary alicyclic amines) is 1. The van der Waals surface area contributed by atoms with E-state index in [-0.39, 0.29) is 11.3 Å². The second kappa shape index (κ2) is 12.4. The standard InChI is InChI=1S/C28H36N2O5/c1-5-18-35-23-11-8-10-21(19-23)25-24(26(31)20-12-14-22(34-4)15-13-20)27(32)28(33)30(25)17-9-16-29(6-2)7-3/h8,10-15,19,25,31H,5-7,9,16-18H2,1-4H3/b26-24+/t25-/m0/s1. The molecule has 188 valence electrons. The minimum Gasteiger partial charge on any atom is -0.507 e. The van der Waals surface area contributed by atoms with Crippen LogP contribution in [-0.2, 0) is 9.59 Å². The van der Waals surface area contributed by atoms with Gasteiger partial charge in [0.15, 0.2) is 0 Å². The quantitative estimate of drug-likeness (QED) is 0.271. The predicted molar refractivity (Wildman–Crippen MR) is 137 cm³/mol. The van der Waals surface area contributed by atoms with Crippen molar-refractivity contribution in [1.29, 1.82) is 0 Å². The van der Waals surface area contributed by atoms with Gasteiger partial charge in [0, 0.05) is 12.1 Å². The molecule has 7 heteroatoms. The van der Waals surface area contributed by atoms with Gasteiger partial charge in [-0.15, -0.1) is 0 Å². The van der Waals surface area contributed by atoms with E-state index < -0.39 is 17.7 Å². The molecule has 2 aromatic rings. The molecule has 0 aromatic heterocycles. The van der Waals surface area contributed by atoms with Gasteiger partial charge < -0.3 is 24.4 Å². The number of rotatable bonds is 12. The molecule has 1 aliphatic heterocycles. The Balaban J connectivity index is 2.03. The van der Waals surface area contributed by atoms with E-state index in [2.05, 4.69) is 18.7 Å². The summed E-state index contributed by atoms with van der Waals surface area (Å²) in [5.41, 5.74) is 1.28. The van der Waals surface area contributed by atoms with Crippen LogP contribution in [0.4, 0.5) is 0 Å². The second-order valence-electron chi connectivity index (χ2n) is 8.52. The van der Waals surface area contributed by atoms with Crippen molar-refractivity contribution in [3.8, 4) is 11.5 Å². The lowest BCUT2D eigenvalue weighted by Crippen LogP contribution is -2.33. The fourth-order valence-corrected chi connectivity index (χ4v) is 4.36. The van der Waals surface area contributed by atoms with Gasteiger partial charge in [-0.2, -0.15) is 0 Å². The van der Waals surface area contributed by atoms with E-state index in [1.165, 1.54) is 0 Å². The third-order valence-electron chi connectivity index (χ3n) is 6.32. The first-order chi connectivity index (χ1) is 16.9. The number of hydrogen-bond donors (Lipinski definition) is 1. The third kappa shape index (κ3) is 6.03. The second-order valence-corrected chi connectivity index (χ2v) is 8.52. The Morgan fingerprint density at radius 2 is 1.74 bits per heavy atom. The van der Waals surface area contributed by atoms with E-state index in [1.54, 1.807) is 36.3 Å². The molecule has 35 heavy (non-hydrogen) atoms. The lowest BCUT2D eigenvalue weighted by molar-refractivity contribution is -0.140. The topological polar surface area (TPSA) is 79.3 Å². The fourth-order valence-electron chi connectivity index (χ4n) is 4.36. The minimum absolute atomic E-state index is 0.0932. The predicted octanol–water partition coefficient (Wildman–Crippen LogP) is 4.64. The van der Waals surface area contributed by atoms with E-state index in [1.807, 2.05) is 31.2 Å². The lowest BCUT2D eigenvalue weighted by atomic mass is 9.95. The first kappa shape index (κ1) is 26.3. The Kier molecular flexibility index (Phi) is 9.32. The Bertz CT molecular complexity index is 1040. The summed E-state index contributed by atoms with van der Waals surface area (Å²) < 4.78 is 11.0. The highest BCUT2D eigenvalue weighted by atomic mass is 16.5. The molecule has 1 heterocycles. The number of carbonyl (C=O) groups excluding carboxylic acids is 2. The zero-order valence-electron chi connectivity index (χ0n) is 21.1. The number of aliphatic hydroxyl groups is 1. The molecule has 0 aliphatic carbocycles. The van der Waals surface area contributed by atoms with Crippen LogP contribution in [0.5, 0.6) is 11.5 Å². The van der Waals surface area contributed by atoms with Crippen molar-refractivity contribution in [3.05, 3.63) is 65.2 Å². The van der Waals surface area contributed by atoms with Crippen LogP contribution in [0, 0.1) is 0 Å². The Morgan fingerprint density at radius 3 is 2.37 bits per heavy atom. The number of amides is 1. The first-order valence-corrected chi connectivity index (χ1v) is 12.3. The largest absolute Gasteiger partial charge is 0.507 e. The Morgan fingerprint density at radius 1 is 1.03 bits per heavy atom. The van der Waals surface area contributed by atoms with Gasteiger partial charge in [-0.05, 0) is 74.4 Å². The smallest absolute Gasteiger partial charge is 0.295 e. The molecule has 2 aromatic carbocycles. The summed E-state index contributed by atoms with van der Waals surface area (Å²) in [5, 5.41) is 11.2. The maximum atomic E-state index is 13.2. The zero-order valence-corrected chi connectivity index (χ0v) is 21.1. The number of aliphatic hydroxyl groups excluding tert-OH is 1. The highest BCUT2D eigenvalue weighted by Crippen LogP contribution is 2.40. The van der Waals surface area contributed by atoms with Gasteiger partial charge in [0.1, 0.15) is 17.3 Å².